The fourth-order valence-corrected chi connectivity index (χ4v) is 5.54. The molecule has 0 bridgehead atoms. The minimum absolute atomic E-state index is 0.154. The second kappa shape index (κ2) is 7.64. The number of hydrogen-bond donors (Lipinski definition) is 1. The first kappa shape index (κ1) is 19.1. The van der Waals surface area contributed by atoms with Gasteiger partial charge in [-0.15, -0.1) is 11.3 Å². The molecule has 1 aliphatic heterocycles. The third kappa shape index (κ3) is 3.96. The summed E-state index contributed by atoms with van der Waals surface area (Å²) in [6.45, 7) is 0.100. The number of carbonyl (C=O) groups excluding carboxylic acids is 2. The molecule has 2 aliphatic rings. The van der Waals surface area contributed by atoms with Crippen molar-refractivity contribution in [2.75, 3.05) is 25.0 Å². The van der Waals surface area contributed by atoms with Gasteiger partial charge in [0.1, 0.15) is 11.8 Å². The van der Waals surface area contributed by atoms with Crippen LogP contribution in [0, 0.1) is 0 Å². The molecule has 2 aromatic heterocycles. The number of thiazole rings is 1. The van der Waals surface area contributed by atoms with E-state index in [4.69, 9.17) is 4.42 Å². The third-order valence-corrected chi connectivity index (χ3v) is 7.88. The summed E-state index contributed by atoms with van der Waals surface area (Å²) in [5.74, 6) is -0.195. The number of anilines is 1. The first-order valence-corrected chi connectivity index (χ1v) is 11.3. The van der Waals surface area contributed by atoms with Crippen LogP contribution in [0.3, 0.4) is 0 Å². The van der Waals surface area contributed by atoms with Crippen LogP contribution < -0.4 is 5.32 Å². The van der Waals surface area contributed by atoms with E-state index in [1.165, 1.54) is 26.8 Å². The van der Waals surface area contributed by atoms with E-state index in [1.54, 1.807) is 23.7 Å². The monoisotopic (exact) mass is 424 g/mol. The summed E-state index contributed by atoms with van der Waals surface area (Å²) >= 11 is 1.28. The summed E-state index contributed by atoms with van der Waals surface area (Å²) in [6, 6.07) is 2.64. The van der Waals surface area contributed by atoms with Gasteiger partial charge in [0.05, 0.1) is 18.1 Å². The number of aromatic nitrogens is 1. The van der Waals surface area contributed by atoms with Crippen molar-refractivity contribution in [1.29, 1.82) is 0 Å². The Kier molecular flexibility index (Phi) is 5.21. The second-order valence-corrected chi connectivity index (χ2v) is 9.90. The van der Waals surface area contributed by atoms with Crippen molar-refractivity contribution in [1.82, 2.24) is 14.2 Å². The van der Waals surface area contributed by atoms with Crippen molar-refractivity contribution < 1.29 is 22.4 Å². The number of rotatable bonds is 7. The maximum absolute atomic E-state index is 12.9. The maximum atomic E-state index is 12.9. The molecule has 2 fully saturated rings. The van der Waals surface area contributed by atoms with Crippen LogP contribution in [0.2, 0.25) is 0 Å². The molecule has 1 saturated carbocycles. The summed E-state index contributed by atoms with van der Waals surface area (Å²) in [5, 5.41) is 4.54. The van der Waals surface area contributed by atoms with Crippen LogP contribution >= 0.6 is 11.3 Å². The van der Waals surface area contributed by atoms with Gasteiger partial charge >= 0.3 is 0 Å². The Hall–Kier alpha value is -2.24. The van der Waals surface area contributed by atoms with E-state index in [2.05, 4.69) is 10.3 Å². The van der Waals surface area contributed by atoms with E-state index < -0.39 is 16.1 Å². The molecule has 2 amide bonds. The molecular weight excluding hydrogens is 404 g/mol. The summed E-state index contributed by atoms with van der Waals surface area (Å²) in [4.78, 5) is 31.1. The Balaban J connectivity index is 1.51. The van der Waals surface area contributed by atoms with Crippen molar-refractivity contribution in [2.45, 2.75) is 30.6 Å². The number of hydrogen-bond acceptors (Lipinski definition) is 7. The molecule has 28 heavy (non-hydrogen) atoms. The fraction of sp³-hybridized carbons (Fsp3) is 0.471. The Morgan fingerprint density at radius 1 is 1.39 bits per heavy atom. The van der Waals surface area contributed by atoms with Gasteiger partial charge in [-0.1, -0.05) is 0 Å². The van der Waals surface area contributed by atoms with E-state index in [9.17, 15) is 18.0 Å². The van der Waals surface area contributed by atoms with Gasteiger partial charge in [-0.05, 0) is 25.0 Å². The van der Waals surface area contributed by atoms with E-state index >= 15 is 0 Å². The number of nitrogens with zero attached hydrogens (tertiary/aromatic N) is 3. The van der Waals surface area contributed by atoms with Crippen LogP contribution in [-0.4, -0.2) is 65.3 Å². The van der Waals surface area contributed by atoms with Crippen LogP contribution in [0.4, 0.5) is 5.13 Å². The highest BCUT2D eigenvalue weighted by Crippen LogP contribution is 2.31. The lowest BCUT2D eigenvalue weighted by Gasteiger charge is -2.37. The molecule has 1 N–H and O–H groups in total. The van der Waals surface area contributed by atoms with E-state index in [-0.39, 0.29) is 43.1 Å². The van der Waals surface area contributed by atoms with E-state index in [0.29, 0.717) is 23.7 Å². The Bertz CT molecular complexity index is 938. The molecule has 1 unspecified atom stereocenters. The van der Waals surface area contributed by atoms with Gasteiger partial charge in [-0.2, -0.15) is 4.31 Å². The van der Waals surface area contributed by atoms with Gasteiger partial charge in [0.2, 0.25) is 21.8 Å². The molecule has 4 rings (SSSR count). The molecule has 0 radical (unpaired) electrons. The predicted molar refractivity (Wildman–Crippen MR) is 102 cm³/mol. The van der Waals surface area contributed by atoms with Crippen LogP contribution in [0.5, 0.6) is 0 Å². The lowest BCUT2D eigenvalue weighted by molar-refractivity contribution is -0.141. The van der Waals surface area contributed by atoms with E-state index in [0.717, 1.165) is 0 Å². The van der Waals surface area contributed by atoms with Gasteiger partial charge in [0.25, 0.3) is 0 Å². The van der Waals surface area contributed by atoms with Gasteiger partial charge in [-0.3, -0.25) is 9.59 Å². The Morgan fingerprint density at radius 2 is 2.21 bits per heavy atom. The normalized spacial score (nSPS) is 19.6. The fourth-order valence-electron chi connectivity index (χ4n) is 3.23. The summed E-state index contributed by atoms with van der Waals surface area (Å²) in [5.41, 5.74) is 0. The number of sulfonamides is 1. The lowest BCUT2D eigenvalue weighted by atomic mass is 10.1. The number of amides is 2. The zero-order chi connectivity index (χ0) is 19.7. The molecular formula is C17H20N4O5S2. The molecule has 0 spiro atoms. The van der Waals surface area contributed by atoms with Crippen molar-refractivity contribution in [2.24, 2.45) is 0 Å². The largest absolute Gasteiger partial charge is 0.469 e. The SMILES string of the molecule is O=C(Nc1nccs1)C(Cc1ccco1)N1CCN(S(=O)(=O)C2CC2)CC1=O. The molecule has 2 aromatic rings. The molecule has 1 saturated heterocycles. The maximum Gasteiger partial charge on any atom is 0.249 e. The number of carbonyl (C=O) groups is 2. The average molecular weight is 425 g/mol. The second-order valence-electron chi connectivity index (χ2n) is 6.79. The van der Waals surface area contributed by atoms with E-state index in [1.807, 2.05) is 0 Å². The van der Waals surface area contributed by atoms with Crippen LogP contribution in [0.15, 0.2) is 34.4 Å². The first-order valence-electron chi connectivity index (χ1n) is 8.96. The minimum atomic E-state index is -3.42. The smallest absolute Gasteiger partial charge is 0.249 e. The van der Waals surface area contributed by atoms with Crippen LogP contribution in [0.1, 0.15) is 18.6 Å². The number of piperazine rings is 1. The van der Waals surface area contributed by atoms with Gasteiger partial charge in [0, 0.05) is 31.1 Å². The minimum Gasteiger partial charge on any atom is -0.469 e. The molecule has 11 heteroatoms. The highest BCUT2D eigenvalue weighted by Gasteiger charge is 2.44. The number of nitrogens with one attached hydrogen (secondary N) is 1. The zero-order valence-corrected chi connectivity index (χ0v) is 16.6. The highest BCUT2D eigenvalue weighted by atomic mass is 32.2. The molecule has 3 heterocycles. The third-order valence-electron chi connectivity index (χ3n) is 4.84. The molecule has 1 atom stereocenters. The van der Waals surface area contributed by atoms with Gasteiger partial charge < -0.3 is 14.6 Å². The van der Waals surface area contributed by atoms with Crippen LogP contribution in [-0.2, 0) is 26.0 Å². The standard InChI is InChI=1S/C17H20N4O5S2/c22-15-11-20(28(24,25)13-3-4-13)6-7-21(15)14(10-12-2-1-8-26-12)16(23)19-17-18-5-9-27-17/h1-2,5,8-9,13-14H,3-4,6-7,10-11H2,(H,18,19,23). The van der Waals surface area contributed by atoms with Crippen LogP contribution in [0.25, 0.3) is 0 Å². The van der Waals surface area contributed by atoms with Crippen molar-refractivity contribution in [3.05, 3.63) is 35.7 Å². The summed E-state index contributed by atoms with van der Waals surface area (Å²) in [6.07, 6.45) is 4.58. The Morgan fingerprint density at radius 3 is 2.82 bits per heavy atom. The van der Waals surface area contributed by atoms with Crippen molar-refractivity contribution in [3.63, 3.8) is 0 Å². The van der Waals surface area contributed by atoms with Crippen molar-refractivity contribution >= 4 is 38.3 Å². The summed E-state index contributed by atoms with van der Waals surface area (Å²) < 4.78 is 31.4. The lowest BCUT2D eigenvalue weighted by Crippen LogP contribution is -2.58. The quantitative estimate of drug-likeness (QED) is 0.707. The predicted octanol–water partition coefficient (Wildman–Crippen LogP) is 0.922. The molecule has 150 valence electrons. The summed E-state index contributed by atoms with van der Waals surface area (Å²) in [7, 11) is -3.42. The zero-order valence-electron chi connectivity index (χ0n) is 15.0. The highest BCUT2D eigenvalue weighted by molar-refractivity contribution is 7.90. The molecule has 1 aliphatic carbocycles. The average Bonchev–Trinajstić information content (AvgIpc) is 3.18. The Labute approximate surface area is 166 Å². The molecule has 0 aromatic carbocycles. The van der Waals surface area contributed by atoms with Gasteiger partial charge in [-0.25, -0.2) is 13.4 Å². The van der Waals surface area contributed by atoms with Crippen molar-refractivity contribution in [3.8, 4) is 0 Å². The van der Waals surface area contributed by atoms with Gasteiger partial charge in [0.15, 0.2) is 5.13 Å². The molecule has 9 nitrogen and oxygen atoms in total. The first-order chi connectivity index (χ1) is 13.4. The topological polar surface area (TPSA) is 113 Å². The number of furan rings is 1.